The minimum absolute atomic E-state index is 0.0538. The van der Waals surface area contributed by atoms with Crippen LogP contribution in [0.3, 0.4) is 0 Å². The van der Waals surface area contributed by atoms with Gasteiger partial charge < -0.3 is 10.1 Å². The van der Waals surface area contributed by atoms with E-state index in [4.69, 9.17) is 27.9 Å². The smallest absolute Gasteiger partial charge is 0.151 e. The van der Waals surface area contributed by atoms with E-state index in [1.807, 2.05) is 42.5 Å². The SMILES string of the molecule is CCCC[C@H](CCCOc1ccc(CS(C)(=O)=O)cc1)CNc1ccc(Cl)c(Cl)c1. The van der Waals surface area contributed by atoms with E-state index in [0.717, 1.165) is 36.4 Å². The van der Waals surface area contributed by atoms with Crippen LogP contribution in [0.25, 0.3) is 0 Å². The number of hydrogen-bond donors (Lipinski definition) is 1. The number of rotatable bonds is 13. The Labute approximate surface area is 190 Å². The molecule has 1 atom stereocenters. The van der Waals surface area contributed by atoms with Gasteiger partial charge in [-0.15, -0.1) is 0 Å². The lowest BCUT2D eigenvalue weighted by Crippen LogP contribution is -2.15. The van der Waals surface area contributed by atoms with Gasteiger partial charge in [-0.1, -0.05) is 55.1 Å². The molecule has 2 rings (SSSR count). The van der Waals surface area contributed by atoms with Crippen molar-refractivity contribution in [3.05, 3.63) is 58.1 Å². The lowest BCUT2D eigenvalue weighted by Gasteiger charge is -2.18. The average molecular weight is 472 g/mol. The van der Waals surface area contributed by atoms with Gasteiger partial charge in [-0.3, -0.25) is 0 Å². The number of sulfone groups is 1. The standard InChI is InChI=1S/C23H31Cl2NO3S/c1-3-4-6-18(16-26-20-10-13-22(24)23(25)15-20)7-5-14-29-21-11-8-19(9-12-21)17-30(2,27)28/h8-13,15,18,26H,3-7,14,16-17H2,1-2H3/t18-/m1/s1. The monoisotopic (exact) mass is 471 g/mol. The van der Waals surface area contributed by atoms with Crippen LogP contribution in [0.15, 0.2) is 42.5 Å². The summed E-state index contributed by atoms with van der Waals surface area (Å²) in [7, 11) is -3.02. The first-order valence-electron chi connectivity index (χ1n) is 10.3. The number of unbranched alkanes of at least 4 members (excludes halogenated alkanes) is 1. The Morgan fingerprint density at radius 1 is 1.00 bits per heavy atom. The summed E-state index contributed by atoms with van der Waals surface area (Å²) < 4.78 is 28.6. The molecule has 0 bridgehead atoms. The van der Waals surface area contributed by atoms with Gasteiger partial charge in [-0.25, -0.2) is 8.42 Å². The minimum atomic E-state index is -3.02. The number of ether oxygens (including phenoxy) is 1. The molecule has 0 aliphatic carbocycles. The molecule has 166 valence electrons. The van der Waals surface area contributed by atoms with Gasteiger partial charge in [-0.2, -0.15) is 0 Å². The van der Waals surface area contributed by atoms with Gasteiger partial charge in [0, 0.05) is 18.5 Å². The highest BCUT2D eigenvalue weighted by Crippen LogP contribution is 2.26. The zero-order valence-corrected chi connectivity index (χ0v) is 20.0. The summed E-state index contributed by atoms with van der Waals surface area (Å²) in [5, 5.41) is 4.59. The molecule has 4 nitrogen and oxygen atoms in total. The molecular formula is C23H31Cl2NO3S. The van der Waals surface area contributed by atoms with Crippen LogP contribution < -0.4 is 10.1 Å². The fraction of sp³-hybridized carbons (Fsp3) is 0.478. The number of benzene rings is 2. The largest absolute Gasteiger partial charge is 0.494 e. The van der Waals surface area contributed by atoms with Crippen molar-refractivity contribution in [1.82, 2.24) is 0 Å². The Bertz CT molecular complexity index is 886. The predicted octanol–water partition coefficient (Wildman–Crippen LogP) is 6.62. The molecule has 0 radical (unpaired) electrons. The van der Waals surface area contributed by atoms with Crippen LogP contribution >= 0.6 is 23.2 Å². The molecular weight excluding hydrogens is 441 g/mol. The zero-order valence-electron chi connectivity index (χ0n) is 17.7. The van der Waals surface area contributed by atoms with E-state index in [1.54, 1.807) is 0 Å². The van der Waals surface area contributed by atoms with Crippen LogP contribution in [0.2, 0.25) is 10.0 Å². The number of halogens is 2. The predicted molar refractivity (Wildman–Crippen MR) is 128 cm³/mol. The summed E-state index contributed by atoms with van der Waals surface area (Å²) in [6, 6.07) is 12.9. The maximum atomic E-state index is 11.4. The van der Waals surface area contributed by atoms with Crippen molar-refractivity contribution in [1.29, 1.82) is 0 Å². The molecule has 1 N–H and O–H groups in total. The highest BCUT2D eigenvalue weighted by Gasteiger charge is 2.10. The van der Waals surface area contributed by atoms with Crippen molar-refractivity contribution in [2.45, 2.75) is 44.8 Å². The first-order chi connectivity index (χ1) is 14.3. The third kappa shape index (κ3) is 9.59. The summed E-state index contributed by atoms with van der Waals surface area (Å²) in [5.41, 5.74) is 1.76. The fourth-order valence-electron chi connectivity index (χ4n) is 3.26. The van der Waals surface area contributed by atoms with Gasteiger partial charge in [0.1, 0.15) is 5.75 Å². The van der Waals surface area contributed by atoms with Crippen LogP contribution in [0.1, 0.15) is 44.6 Å². The molecule has 0 heterocycles. The van der Waals surface area contributed by atoms with E-state index in [0.29, 0.717) is 22.6 Å². The molecule has 2 aromatic rings. The maximum absolute atomic E-state index is 11.4. The number of anilines is 1. The van der Waals surface area contributed by atoms with E-state index in [2.05, 4.69) is 12.2 Å². The van der Waals surface area contributed by atoms with Crippen LogP contribution in [0, 0.1) is 5.92 Å². The van der Waals surface area contributed by atoms with E-state index < -0.39 is 9.84 Å². The molecule has 0 saturated carbocycles. The first kappa shape index (κ1) is 24.8. The summed E-state index contributed by atoms with van der Waals surface area (Å²) in [4.78, 5) is 0. The van der Waals surface area contributed by atoms with Crippen LogP contribution in [-0.2, 0) is 15.6 Å². The zero-order chi connectivity index (χ0) is 22.0. The van der Waals surface area contributed by atoms with Crippen molar-refractivity contribution in [3.8, 4) is 5.75 Å². The van der Waals surface area contributed by atoms with Crippen molar-refractivity contribution in [2.24, 2.45) is 5.92 Å². The molecule has 0 amide bonds. The van der Waals surface area contributed by atoms with E-state index in [9.17, 15) is 8.42 Å². The number of hydrogen-bond acceptors (Lipinski definition) is 4. The quantitative estimate of drug-likeness (QED) is 0.333. The second kappa shape index (κ2) is 12.4. The molecule has 7 heteroatoms. The summed E-state index contributed by atoms with van der Waals surface area (Å²) in [6.07, 6.45) is 6.83. The lowest BCUT2D eigenvalue weighted by molar-refractivity contribution is 0.290. The maximum Gasteiger partial charge on any atom is 0.151 e. The average Bonchev–Trinajstić information content (AvgIpc) is 2.69. The third-order valence-electron chi connectivity index (χ3n) is 4.86. The Hall–Kier alpha value is -1.43. The summed E-state index contributed by atoms with van der Waals surface area (Å²) in [6.45, 7) is 3.74. The summed E-state index contributed by atoms with van der Waals surface area (Å²) in [5.74, 6) is 1.38. The topological polar surface area (TPSA) is 55.4 Å². The first-order valence-corrected chi connectivity index (χ1v) is 13.2. The molecule has 0 aromatic heterocycles. The molecule has 0 unspecified atom stereocenters. The highest BCUT2D eigenvalue weighted by atomic mass is 35.5. The minimum Gasteiger partial charge on any atom is -0.494 e. The van der Waals surface area contributed by atoms with Gasteiger partial charge in [0.2, 0.25) is 0 Å². The summed E-state index contributed by atoms with van der Waals surface area (Å²) >= 11 is 12.1. The van der Waals surface area contributed by atoms with Crippen molar-refractivity contribution >= 4 is 38.7 Å². The molecule has 0 aliphatic rings. The molecule has 30 heavy (non-hydrogen) atoms. The van der Waals surface area contributed by atoms with Gasteiger partial charge in [-0.05, 0) is 61.1 Å². The Morgan fingerprint density at radius 3 is 2.33 bits per heavy atom. The third-order valence-corrected chi connectivity index (χ3v) is 6.45. The van der Waals surface area contributed by atoms with Gasteiger partial charge in [0.25, 0.3) is 0 Å². The lowest BCUT2D eigenvalue weighted by atomic mass is 9.96. The van der Waals surface area contributed by atoms with Crippen molar-refractivity contribution < 1.29 is 13.2 Å². The van der Waals surface area contributed by atoms with Gasteiger partial charge >= 0.3 is 0 Å². The Morgan fingerprint density at radius 2 is 1.70 bits per heavy atom. The van der Waals surface area contributed by atoms with Crippen molar-refractivity contribution in [2.75, 3.05) is 24.7 Å². The Balaban J connectivity index is 1.77. The molecule has 0 saturated heterocycles. The highest BCUT2D eigenvalue weighted by molar-refractivity contribution is 7.89. The van der Waals surface area contributed by atoms with E-state index in [1.165, 1.54) is 25.5 Å². The molecule has 0 fully saturated rings. The second-order valence-electron chi connectivity index (χ2n) is 7.72. The van der Waals surface area contributed by atoms with Crippen molar-refractivity contribution in [3.63, 3.8) is 0 Å². The number of nitrogens with one attached hydrogen (secondary N) is 1. The van der Waals surface area contributed by atoms with E-state index >= 15 is 0 Å². The second-order valence-corrected chi connectivity index (χ2v) is 10.7. The van der Waals surface area contributed by atoms with Gasteiger partial charge in [0.05, 0.1) is 22.4 Å². The Kier molecular flexibility index (Phi) is 10.3. The molecule has 0 spiro atoms. The van der Waals surface area contributed by atoms with E-state index in [-0.39, 0.29) is 5.75 Å². The van der Waals surface area contributed by atoms with Gasteiger partial charge in [0.15, 0.2) is 9.84 Å². The van der Waals surface area contributed by atoms with Crippen LogP contribution in [0.4, 0.5) is 5.69 Å². The normalized spacial score (nSPS) is 12.5. The van der Waals surface area contributed by atoms with Crippen LogP contribution in [0.5, 0.6) is 5.75 Å². The van der Waals surface area contributed by atoms with Crippen LogP contribution in [-0.4, -0.2) is 27.8 Å². The molecule has 2 aromatic carbocycles. The molecule has 0 aliphatic heterocycles. The fourth-order valence-corrected chi connectivity index (χ4v) is 4.35.